The van der Waals surface area contributed by atoms with Crippen molar-refractivity contribution in [2.45, 2.75) is 31.7 Å². The molecule has 1 N–H and O–H groups in total. The van der Waals surface area contributed by atoms with Crippen LogP contribution in [0.15, 0.2) is 42.6 Å². The van der Waals surface area contributed by atoms with E-state index in [-0.39, 0.29) is 0 Å². The molecule has 2 atom stereocenters. The van der Waals surface area contributed by atoms with Gasteiger partial charge in [0.2, 0.25) is 5.95 Å². The van der Waals surface area contributed by atoms with E-state index in [1.165, 1.54) is 30.0 Å². The Hall–Kier alpha value is -1.90. The molecule has 2 aromatic rings. The Labute approximate surface area is 124 Å². The van der Waals surface area contributed by atoms with Gasteiger partial charge in [0.1, 0.15) is 0 Å². The number of pyridine rings is 1. The first-order valence-corrected chi connectivity index (χ1v) is 7.74. The Kier molecular flexibility index (Phi) is 3.13. The number of hydrogen-bond donors (Lipinski definition) is 1. The van der Waals surface area contributed by atoms with Crippen molar-refractivity contribution >= 4 is 5.69 Å². The van der Waals surface area contributed by atoms with Gasteiger partial charge in [0.05, 0.1) is 11.9 Å². The monoisotopic (exact) mass is 282 g/mol. The van der Waals surface area contributed by atoms with Gasteiger partial charge in [-0.25, -0.2) is 4.98 Å². The fraction of sp³-hybridized carbons (Fsp3) is 0.389. The molecule has 0 aliphatic heterocycles. The minimum atomic E-state index is -0.420. The lowest BCUT2D eigenvalue weighted by molar-refractivity contribution is 0.449. The minimum Gasteiger partial charge on any atom is -0.380 e. The number of anilines is 1. The molecule has 0 radical (unpaired) electrons. The maximum atomic E-state index is 12.9. The third-order valence-corrected chi connectivity index (χ3v) is 5.07. The van der Waals surface area contributed by atoms with Crippen LogP contribution in [-0.2, 0) is 12.8 Å². The van der Waals surface area contributed by atoms with Crippen LogP contribution in [0, 0.1) is 17.8 Å². The molecule has 1 aromatic carbocycles. The molecule has 0 spiro atoms. The molecule has 2 aliphatic carbocycles. The second-order valence-electron chi connectivity index (χ2n) is 6.31. The van der Waals surface area contributed by atoms with Gasteiger partial charge >= 0.3 is 0 Å². The number of hydrogen-bond acceptors (Lipinski definition) is 2. The standard InChI is InChI=1S/C18H19FN2/c19-17-8-7-16(11-20-17)21-18-14-5-6-15(18)10-13-4-2-1-3-12(13)9-14/h1-4,7-8,11,14-15,18,21H,5-6,9-10H2. The van der Waals surface area contributed by atoms with E-state index in [4.69, 9.17) is 0 Å². The van der Waals surface area contributed by atoms with Crippen molar-refractivity contribution in [2.75, 3.05) is 5.32 Å². The quantitative estimate of drug-likeness (QED) is 0.847. The van der Waals surface area contributed by atoms with Crippen molar-refractivity contribution < 1.29 is 4.39 Å². The number of halogens is 1. The minimum absolute atomic E-state index is 0.420. The predicted octanol–water partition coefficient (Wildman–Crippen LogP) is 3.83. The summed E-state index contributed by atoms with van der Waals surface area (Å²) in [6.45, 7) is 0. The molecular weight excluding hydrogens is 263 g/mol. The maximum Gasteiger partial charge on any atom is 0.212 e. The molecule has 2 nitrogen and oxygen atoms in total. The number of fused-ring (bicyclic) bond motifs is 3. The van der Waals surface area contributed by atoms with E-state index < -0.39 is 5.95 Å². The van der Waals surface area contributed by atoms with E-state index in [0.29, 0.717) is 17.9 Å². The highest BCUT2D eigenvalue weighted by Gasteiger charge is 2.38. The highest BCUT2D eigenvalue weighted by molar-refractivity contribution is 5.43. The van der Waals surface area contributed by atoms with E-state index in [2.05, 4.69) is 34.6 Å². The van der Waals surface area contributed by atoms with Crippen LogP contribution >= 0.6 is 0 Å². The molecule has 4 rings (SSSR count). The zero-order valence-electron chi connectivity index (χ0n) is 11.9. The molecular formula is C18H19FN2. The molecule has 0 amide bonds. The molecule has 3 heteroatoms. The fourth-order valence-corrected chi connectivity index (χ4v) is 4.04. The number of rotatable bonds is 2. The van der Waals surface area contributed by atoms with Gasteiger partial charge in [0, 0.05) is 6.04 Å². The first-order chi connectivity index (χ1) is 10.3. The summed E-state index contributed by atoms with van der Waals surface area (Å²) in [5.74, 6) is 0.921. The number of benzene rings is 1. The Bertz CT molecular complexity index is 605. The molecule has 1 aromatic heterocycles. The molecule has 2 aliphatic rings. The van der Waals surface area contributed by atoms with Gasteiger partial charge in [-0.15, -0.1) is 0 Å². The lowest BCUT2D eigenvalue weighted by atomic mass is 9.94. The third kappa shape index (κ3) is 2.41. The zero-order valence-corrected chi connectivity index (χ0v) is 11.9. The number of aromatic nitrogens is 1. The summed E-state index contributed by atoms with van der Waals surface area (Å²) in [7, 11) is 0. The summed E-state index contributed by atoms with van der Waals surface area (Å²) in [5, 5.41) is 3.62. The van der Waals surface area contributed by atoms with Gasteiger partial charge in [0.25, 0.3) is 0 Å². The number of nitrogens with zero attached hydrogens (tertiary/aromatic N) is 1. The van der Waals surface area contributed by atoms with E-state index in [1.54, 1.807) is 12.3 Å². The topological polar surface area (TPSA) is 24.9 Å². The number of nitrogens with one attached hydrogen (secondary N) is 1. The van der Waals surface area contributed by atoms with E-state index in [0.717, 1.165) is 18.5 Å². The molecule has 1 fully saturated rings. The maximum absolute atomic E-state index is 12.9. The highest BCUT2D eigenvalue weighted by Crippen LogP contribution is 2.41. The van der Waals surface area contributed by atoms with Crippen LogP contribution in [0.1, 0.15) is 24.0 Å². The molecule has 1 heterocycles. The fourth-order valence-electron chi connectivity index (χ4n) is 4.04. The van der Waals surface area contributed by atoms with Gasteiger partial charge in [-0.05, 0) is 60.8 Å². The summed E-state index contributed by atoms with van der Waals surface area (Å²) >= 11 is 0. The Morgan fingerprint density at radius 2 is 1.62 bits per heavy atom. The van der Waals surface area contributed by atoms with Gasteiger partial charge in [-0.3, -0.25) is 0 Å². The van der Waals surface area contributed by atoms with E-state index in [9.17, 15) is 4.39 Å². The normalized spacial score (nSPS) is 27.0. The van der Waals surface area contributed by atoms with Crippen molar-refractivity contribution in [1.29, 1.82) is 0 Å². The lowest BCUT2D eigenvalue weighted by Crippen LogP contribution is -2.30. The summed E-state index contributed by atoms with van der Waals surface area (Å²) < 4.78 is 12.9. The van der Waals surface area contributed by atoms with Crippen LogP contribution in [0.4, 0.5) is 10.1 Å². The summed E-state index contributed by atoms with van der Waals surface area (Å²) in [5.41, 5.74) is 3.95. The molecule has 1 saturated carbocycles. The van der Waals surface area contributed by atoms with Crippen LogP contribution in [0.3, 0.4) is 0 Å². The van der Waals surface area contributed by atoms with Crippen molar-refractivity contribution in [2.24, 2.45) is 11.8 Å². The molecule has 2 bridgehead atoms. The second-order valence-corrected chi connectivity index (χ2v) is 6.31. The van der Waals surface area contributed by atoms with Crippen molar-refractivity contribution in [1.82, 2.24) is 4.98 Å². The molecule has 2 unspecified atom stereocenters. The van der Waals surface area contributed by atoms with Gasteiger partial charge in [0.15, 0.2) is 0 Å². The largest absolute Gasteiger partial charge is 0.380 e. The lowest BCUT2D eigenvalue weighted by Gasteiger charge is -2.24. The Morgan fingerprint density at radius 3 is 2.19 bits per heavy atom. The zero-order chi connectivity index (χ0) is 14.2. The van der Waals surface area contributed by atoms with Gasteiger partial charge < -0.3 is 5.32 Å². The van der Waals surface area contributed by atoms with E-state index in [1.807, 2.05) is 0 Å². The summed E-state index contributed by atoms with van der Waals surface area (Å²) in [6.07, 6.45) is 6.47. The first-order valence-electron chi connectivity index (χ1n) is 7.74. The third-order valence-electron chi connectivity index (χ3n) is 5.07. The highest BCUT2D eigenvalue weighted by atomic mass is 19.1. The van der Waals surface area contributed by atoms with Crippen LogP contribution in [-0.4, -0.2) is 11.0 Å². The smallest absolute Gasteiger partial charge is 0.212 e. The molecule has 108 valence electrons. The van der Waals surface area contributed by atoms with Crippen molar-refractivity contribution in [3.8, 4) is 0 Å². The van der Waals surface area contributed by atoms with Crippen LogP contribution in [0.5, 0.6) is 0 Å². The predicted molar refractivity (Wildman–Crippen MR) is 81.7 cm³/mol. The SMILES string of the molecule is Fc1ccc(NC2C3CCC2Cc2ccccc2C3)cn1. The average molecular weight is 282 g/mol. The van der Waals surface area contributed by atoms with Gasteiger partial charge in [-0.1, -0.05) is 24.3 Å². The average Bonchev–Trinajstić information content (AvgIpc) is 2.76. The Morgan fingerprint density at radius 1 is 0.952 bits per heavy atom. The summed E-state index contributed by atoms with van der Waals surface area (Å²) in [4.78, 5) is 3.75. The van der Waals surface area contributed by atoms with Crippen molar-refractivity contribution in [3.05, 3.63) is 59.7 Å². The Balaban J connectivity index is 1.59. The van der Waals surface area contributed by atoms with Crippen molar-refractivity contribution in [3.63, 3.8) is 0 Å². The second kappa shape index (κ2) is 5.14. The van der Waals surface area contributed by atoms with Crippen LogP contribution < -0.4 is 5.32 Å². The van der Waals surface area contributed by atoms with Crippen LogP contribution in [0.2, 0.25) is 0 Å². The summed E-state index contributed by atoms with van der Waals surface area (Å²) in [6, 6.07) is 12.5. The van der Waals surface area contributed by atoms with E-state index >= 15 is 0 Å². The molecule has 0 saturated heterocycles. The van der Waals surface area contributed by atoms with Gasteiger partial charge in [-0.2, -0.15) is 4.39 Å². The molecule has 21 heavy (non-hydrogen) atoms. The van der Waals surface area contributed by atoms with Crippen LogP contribution in [0.25, 0.3) is 0 Å². The first kappa shape index (κ1) is 12.8.